The number of fused-ring (bicyclic) bond motifs is 1. The lowest BCUT2D eigenvalue weighted by Gasteiger charge is -2.27. The number of hydrogen-bond donors (Lipinski definition) is 0. The van der Waals surface area contributed by atoms with Crippen molar-refractivity contribution in [2.75, 3.05) is 7.11 Å². The summed E-state index contributed by atoms with van der Waals surface area (Å²) in [6.07, 6.45) is 3.99. The van der Waals surface area contributed by atoms with E-state index in [-0.39, 0.29) is 11.9 Å². The molecule has 0 bridgehead atoms. The van der Waals surface area contributed by atoms with Crippen LogP contribution in [0.25, 0.3) is 12.2 Å². The van der Waals surface area contributed by atoms with Crippen LogP contribution in [0.2, 0.25) is 0 Å². The molecule has 3 aromatic rings. The van der Waals surface area contributed by atoms with Crippen molar-refractivity contribution in [3.63, 3.8) is 0 Å². The summed E-state index contributed by atoms with van der Waals surface area (Å²) >= 11 is 0. The maximum Gasteiger partial charge on any atom is 0.171 e. The van der Waals surface area contributed by atoms with Crippen molar-refractivity contribution in [3.05, 3.63) is 95.1 Å². The van der Waals surface area contributed by atoms with Crippen LogP contribution in [0.5, 0.6) is 11.5 Å². The highest BCUT2D eigenvalue weighted by atomic mass is 16.5. The van der Waals surface area contributed by atoms with E-state index < -0.39 is 0 Å². The molecule has 0 saturated carbocycles. The summed E-state index contributed by atoms with van der Waals surface area (Å²) in [6.45, 7) is 0. The molecule has 1 aliphatic heterocycles. The predicted octanol–water partition coefficient (Wildman–Crippen LogP) is 5.57. The smallest absolute Gasteiger partial charge is 0.171 e. The molecule has 0 unspecified atom stereocenters. The third kappa shape index (κ3) is 3.63. The topological polar surface area (TPSA) is 35.5 Å². The van der Waals surface area contributed by atoms with Crippen LogP contribution < -0.4 is 9.47 Å². The van der Waals surface area contributed by atoms with Crippen molar-refractivity contribution in [1.29, 1.82) is 0 Å². The maximum atomic E-state index is 12.9. The summed E-state index contributed by atoms with van der Waals surface area (Å²) in [5.74, 6) is 1.33. The number of ketones is 1. The first-order chi connectivity index (χ1) is 13.2. The van der Waals surface area contributed by atoms with E-state index in [0.717, 1.165) is 16.7 Å². The molecule has 0 N–H and O–H groups in total. The van der Waals surface area contributed by atoms with Crippen LogP contribution in [0.4, 0.5) is 0 Å². The molecule has 0 fully saturated rings. The van der Waals surface area contributed by atoms with Gasteiger partial charge in [-0.15, -0.1) is 0 Å². The van der Waals surface area contributed by atoms with Crippen LogP contribution in [-0.2, 0) is 0 Å². The van der Waals surface area contributed by atoms with Crippen LogP contribution in [-0.4, -0.2) is 12.9 Å². The zero-order valence-electron chi connectivity index (χ0n) is 15.1. The van der Waals surface area contributed by atoms with Gasteiger partial charge in [0.2, 0.25) is 0 Å². The van der Waals surface area contributed by atoms with Gasteiger partial charge in [-0.1, -0.05) is 72.8 Å². The minimum Gasteiger partial charge on any atom is -0.497 e. The summed E-state index contributed by atoms with van der Waals surface area (Å²) < 4.78 is 11.6. The van der Waals surface area contributed by atoms with Gasteiger partial charge in [0.25, 0.3) is 0 Å². The monoisotopic (exact) mass is 356 g/mol. The molecule has 0 radical (unpaired) electrons. The molecule has 3 nitrogen and oxygen atoms in total. The molecule has 3 aromatic carbocycles. The average Bonchev–Trinajstić information content (AvgIpc) is 2.72. The van der Waals surface area contributed by atoms with Gasteiger partial charge in [0, 0.05) is 6.07 Å². The van der Waals surface area contributed by atoms with Gasteiger partial charge in [-0.05, 0) is 22.8 Å². The Bertz CT molecular complexity index is 975. The minimum atomic E-state index is -0.274. The Morgan fingerprint density at radius 2 is 1.67 bits per heavy atom. The zero-order valence-corrected chi connectivity index (χ0v) is 15.1. The molecule has 27 heavy (non-hydrogen) atoms. The number of hydrogen-bond acceptors (Lipinski definition) is 3. The van der Waals surface area contributed by atoms with E-state index in [2.05, 4.69) is 0 Å². The molecular formula is C24H20O3. The number of rotatable bonds is 4. The van der Waals surface area contributed by atoms with Crippen LogP contribution in [0.3, 0.4) is 0 Å². The fraction of sp³-hybridized carbons (Fsp3) is 0.125. The van der Waals surface area contributed by atoms with Crippen molar-refractivity contribution in [1.82, 2.24) is 0 Å². The third-order valence-corrected chi connectivity index (χ3v) is 4.69. The lowest BCUT2D eigenvalue weighted by Crippen LogP contribution is -2.21. The molecule has 0 saturated heterocycles. The third-order valence-electron chi connectivity index (χ3n) is 4.69. The lowest BCUT2D eigenvalue weighted by molar-refractivity contribution is 0.0849. The average molecular weight is 356 g/mol. The second kappa shape index (κ2) is 7.50. The first-order valence-corrected chi connectivity index (χ1v) is 8.94. The Balaban J connectivity index is 1.73. The Morgan fingerprint density at radius 3 is 2.37 bits per heavy atom. The lowest BCUT2D eigenvalue weighted by atomic mass is 9.92. The maximum absolute atomic E-state index is 12.9. The van der Waals surface area contributed by atoms with Gasteiger partial charge >= 0.3 is 0 Å². The fourth-order valence-electron chi connectivity index (χ4n) is 3.32. The SMILES string of the molecule is COc1cc(/C=C\c2ccccc2)c2c(c1)O[C@H](c1ccccc1)CC2=O. The predicted molar refractivity (Wildman–Crippen MR) is 107 cm³/mol. The molecular weight excluding hydrogens is 336 g/mol. The van der Waals surface area contributed by atoms with E-state index in [0.29, 0.717) is 23.5 Å². The van der Waals surface area contributed by atoms with Crippen molar-refractivity contribution >= 4 is 17.9 Å². The van der Waals surface area contributed by atoms with Gasteiger partial charge in [0.1, 0.15) is 17.6 Å². The molecule has 4 rings (SSSR count). The van der Waals surface area contributed by atoms with E-state index in [1.165, 1.54) is 0 Å². The summed E-state index contributed by atoms with van der Waals surface area (Å²) in [4.78, 5) is 12.9. The molecule has 0 aliphatic carbocycles. The highest BCUT2D eigenvalue weighted by Gasteiger charge is 2.30. The van der Waals surface area contributed by atoms with Gasteiger partial charge < -0.3 is 9.47 Å². The number of ether oxygens (including phenoxy) is 2. The van der Waals surface area contributed by atoms with Crippen LogP contribution in [0.1, 0.15) is 39.6 Å². The second-order valence-electron chi connectivity index (χ2n) is 6.48. The van der Waals surface area contributed by atoms with Gasteiger partial charge in [-0.3, -0.25) is 4.79 Å². The highest BCUT2D eigenvalue weighted by molar-refractivity contribution is 6.04. The van der Waals surface area contributed by atoms with E-state index in [9.17, 15) is 4.79 Å². The molecule has 0 aromatic heterocycles. The summed E-state index contributed by atoms with van der Waals surface area (Å²) in [6, 6.07) is 23.5. The molecule has 1 heterocycles. The summed E-state index contributed by atoms with van der Waals surface area (Å²) in [5, 5.41) is 0. The summed E-state index contributed by atoms with van der Waals surface area (Å²) in [5.41, 5.74) is 3.50. The van der Waals surface area contributed by atoms with Crippen LogP contribution >= 0.6 is 0 Å². The fourth-order valence-corrected chi connectivity index (χ4v) is 3.32. The molecule has 134 valence electrons. The minimum absolute atomic E-state index is 0.0838. The number of carbonyl (C=O) groups excluding carboxylic acids is 1. The van der Waals surface area contributed by atoms with Gasteiger partial charge in [-0.2, -0.15) is 0 Å². The molecule has 1 atom stereocenters. The van der Waals surface area contributed by atoms with E-state index in [4.69, 9.17) is 9.47 Å². The second-order valence-corrected chi connectivity index (χ2v) is 6.48. The highest BCUT2D eigenvalue weighted by Crippen LogP contribution is 2.39. The van der Waals surface area contributed by atoms with Crippen molar-refractivity contribution in [2.24, 2.45) is 0 Å². The van der Waals surface area contributed by atoms with Crippen molar-refractivity contribution < 1.29 is 14.3 Å². The van der Waals surface area contributed by atoms with E-state index >= 15 is 0 Å². The Morgan fingerprint density at radius 1 is 0.963 bits per heavy atom. The standard InChI is InChI=1S/C24H20O3/c1-26-20-14-19(13-12-17-8-4-2-5-9-17)24-21(25)16-22(27-23(24)15-20)18-10-6-3-7-11-18/h2-15,22H,16H2,1H3/b13-12-/t22-/m0/s1. The Labute approximate surface area is 158 Å². The molecule has 3 heteroatoms. The Kier molecular flexibility index (Phi) is 4.75. The summed E-state index contributed by atoms with van der Waals surface area (Å²) in [7, 11) is 1.62. The first-order valence-electron chi connectivity index (χ1n) is 8.94. The van der Waals surface area contributed by atoms with Gasteiger partial charge in [0.05, 0.1) is 19.1 Å². The van der Waals surface area contributed by atoms with Gasteiger partial charge in [0.15, 0.2) is 5.78 Å². The van der Waals surface area contributed by atoms with E-state index in [1.807, 2.05) is 78.9 Å². The van der Waals surface area contributed by atoms with Crippen molar-refractivity contribution in [3.8, 4) is 11.5 Å². The zero-order chi connectivity index (χ0) is 18.6. The number of benzene rings is 3. The number of carbonyl (C=O) groups is 1. The Hall–Kier alpha value is -3.33. The normalized spacial score (nSPS) is 16.0. The van der Waals surface area contributed by atoms with Gasteiger partial charge in [-0.25, -0.2) is 0 Å². The quantitative estimate of drug-likeness (QED) is 0.573. The first kappa shape index (κ1) is 17.1. The number of methoxy groups -OCH3 is 1. The largest absolute Gasteiger partial charge is 0.497 e. The van der Waals surface area contributed by atoms with E-state index in [1.54, 1.807) is 13.2 Å². The van der Waals surface area contributed by atoms with Crippen molar-refractivity contribution in [2.45, 2.75) is 12.5 Å². The number of Topliss-reactive ketones (excluding diaryl/α,β-unsaturated/α-hetero) is 1. The molecule has 1 aliphatic rings. The van der Waals surface area contributed by atoms with Crippen LogP contribution in [0.15, 0.2) is 72.8 Å². The molecule has 0 spiro atoms. The molecule has 0 amide bonds. The van der Waals surface area contributed by atoms with Crippen LogP contribution in [0, 0.1) is 0 Å².